The summed E-state index contributed by atoms with van der Waals surface area (Å²) < 4.78 is 0. The quantitative estimate of drug-likeness (QED) is 0.593. The van der Waals surface area contributed by atoms with Crippen molar-refractivity contribution in [3.63, 3.8) is 0 Å². The van der Waals surface area contributed by atoms with Gasteiger partial charge >= 0.3 is 0 Å². The highest BCUT2D eigenvalue weighted by Crippen LogP contribution is 2.55. The van der Waals surface area contributed by atoms with E-state index in [1.54, 1.807) is 18.2 Å². The smallest absolute Gasteiger partial charge is 0.244 e. The van der Waals surface area contributed by atoms with Gasteiger partial charge in [-0.2, -0.15) is 0 Å². The van der Waals surface area contributed by atoms with Crippen LogP contribution in [0.1, 0.15) is 44.1 Å². The van der Waals surface area contributed by atoms with E-state index in [1.807, 2.05) is 12.1 Å². The van der Waals surface area contributed by atoms with E-state index in [2.05, 4.69) is 5.32 Å². The second-order valence-electron chi connectivity index (χ2n) is 7.91. The van der Waals surface area contributed by atoms with Crippen LogP contribution in [0.5, 0.6) is 0 Å². The molecular formula is C19H25N3O. The molecule has 1 amide bonds. The number of rotatable bonds is 3. The number of carbonyl (C=O) groups is 1. The zero-order valence-electron chi connectivity index (χ0n) is 13.4. The summed E-state index contributed by atoms with van der Waals surface area (Å²) in [6.07, 6.45) is 11.1. The summed E-state index contributed by atoms with van der Waals surface area (Å²) in [6, 6.07) is 5.44. The maximum Gasteiger partial charge on any atom is 0.244 e. The van der Waals surface area contributed by atoms with Crippen LogP contribution in [-0.4, -0.2) is 11.4 Å². The van der Waals surface area contributed by atoms with Crippen molar-refractivity contribution in [1.29, 1.82) is 0 Å². The van der Waals surface area contributed by atoms with Crippen molar-refractivity contribution in [2.75, 3.05) is 11.5 Å². The first-order chi connectivity index (χ1) is 11.0. The topological polar surface area (TPSA) is 81.1 Å². The maximum atomic E-state index is 12.4. The lowest BCUT2D eigenvalue weighted by atomic mass is 9.53. The standard InChI is InChI=1S/C19H25N3O/c20-16-3-1-12(8-17(16)21)2-4-18(23)22-19-9-13-5-14(10-19)7-15(6-13)11-19/h1-4,8,13-15H,5-7,9-11,20-21H2,(H,22,23)/b4-2+. The fraction of sp³-hybridized carbons (Fsp3) is 0.526. The van der Waals surface area contributed by atoms with Crippen molar-refractivity contribution >= 4 is 23.4 Å². The van der Waals surface area contributed by atoms with E-state index in [9.17, 15) is 4.79 Å². The van der Waals surface area contributed by atoms with Gasteiger partial charge in [0.05, 0.1) is 11.4 Å². The Bertz CT molecular complexity index is 629. The molecule has 0 heterocycles. The van der Waals surface area contributed by atoms with Gasteiger partial charge in [-0.05, 0) is 80.1 Å². The van der Waals surface area contributed by atoms with Gasteiger partial charge in [-0.15, -0.1) is 0 Å². The van der Waals surface area contributed by atoms with Crippen LogP contribution in [0.2, 0.25) is 0 Å². The molecule has 5 rings (SSSR count). The first kappa shape index (κ1) is 14.6. The monoisotopic (exact) mass is 311 g/mol. The highest BCUT2D eigenvalue weighted by atomic mass is 16.1. The number of amides is 1. The number of nitrogens with two attached hydrogens (primary N) is 2. The fourth-order valence-electron chi connectivity index (χ4n) is 5.44. The predicted octanol–water partition coefficient (Wildman–Crippen LogP) is 2.95. The van der Waals surface area contributed by atoms with Crippen LogP contribution in [0.4, 0.5) is 11.4 Å². The first-order valence-electron chi connectivity index (χ1n) is 8.67. The van der Waals surface area contributed by atoms with Gasteiger partial charge in [0.25, 0.3) is 0 Å². The van der Waals surface area contributed by atoms with E-state index in [4.69, 9.17) is 11.5 Å². The average molecular weight is 311 g/mol. The highest BCUT2D eigenvalue weighted by molar-refractivity contribution is 5.92. The van der Waals surface area contributed by atoms with Gasteiger partial charge in [0.1, 0.15) is 0 Å². The average Bonchev–Trinajstić information content (AvgIpc) is 2.46. The molecule has 4 heteroatoms. The van der Waals surface area contributed by atoms with Crippen LogP contribution in [0.15, 0.2) is 24.3 Å². The van der Waals surface area contributed by atoms with Gasteiger partial charge in [-0.25, -0.2) is 0 Å². The molecule has 4 saturated carbocycles. The van der Waals surface area contributed by atoms with Crippen LogP contribution < -0.4 is 16.8 Å². The highest BCUT2D eigenvalue weighted by Gasteiger charge is 2.51. The molecule has 0 unspecified atom stereocenters. The molecule has 0 spiro atoms. The molecule has 4 aliphatic carbocycles. The minimum absolute atomic E-state index is 0.0161. The van der Waals surface area contributed by atoms with Crippen molar-refractivity contribution in [1.82, 2.24) is 5.32 Å². The molecule has 0 aliphatic heterocycles. The molecule has 4 bridgehead atoms. The van der Waals surface area contributed by atoms with Crippen LogP contribution in [0, 0.1) is 17.8 Å². The summed E-state index contributed by atoms with van der Waals surface area (Å²) in [5, 5.41) is 3.34. The third kappa shape index (κ3) is 2.82. The van der Waals surface area contributed by atoms with Crippen molar-refractivity contribution in [2.24, 2.45) is 17.8 Å². The molecule has 23 heavy (non-hydrogen) atoms. The zero-order chi connectivity index (χ0) is 16.0. The molecule has 4 nitrogen and oxygen atoms in total. The molecule has 0 aromatic heterocycles. The summed E-state index contributed by atoms with van der Waals surface area (Å²) in [5.74, 6) is 2.52. The number of nitrogen functional groups attached to an aromatic ring is 2. The fourth-order valence-corrected chi connectivity index (χ4v) is 5.44. The van der Waals surface area contributed by atoms with Crippen molar-refractivity contribution in [3.05, 3.63) is 29.8 Å². The summed E-state index contributed by atoms with van der Waals surface area (Å²) >= 11 is 0. The number of nitrogens with one attached hydrogen (secondary N) is 1. The molecule has 1 aromatic rings. The Morgan fingerprint density at radius 2 is 1.65 bits per heavy atom. The van der Waals surface area contributed by atoms with Gasteiger partial charge in [-0.1, -0.05) is 6.07 Å². The second-order valence-corrected chi connectivity index (χ2v) is 7.91. The lowest BCUT2D eigenvalue weighted by molar-refractivity contribution is -0.122. The Morgan fingerprint density at radius 1 is 1.04 bits per heavy atom. The van der Waals surface area contributed by atoms with E-state index in [0.29, 0.717) is 11.4 Å². The lowest BCUT2D eigenvalue weighted by Gasteiger charge is -2.56. The van der Waals surface area contributed by atoms with Gasteiger partial charge in [0.2, 0.25) is 5.91 Å². The number of benzene rings is 1. The van der Waals surface area contributed by atoms with E-state index in [-0.39, 0.29) is 11.4 Å². The molecule has 4 fully saturated rings. The van der Waals surface area contributed by atoms with Crippen molar-refractivity contribution in [3.8, 4) is 0 Å². The molecule has 122 valence electrons. The van der Waals surface area contributed by atoms with E-state index in [1.165, 1.54) is 38.5 Å². The summed E-state index contributed by atoms with van der Waals surface area (Å²) in [5.41, 5.74) is 13.6. The largest absolute Gasteiger partial charge is 0.397 e. The molecule has 5 N–H and O–H groups in total. The Kier molecular flexibility index (Phi) is 3.36. The zero-order valence-corrected chi connectivity index (χ0v) is 13.4. The van der Waals surface area contributed by atoms with E-state index >= 15 is 0 Å². The number of hydrogen-bond donors (Lipinski definition) is 3. The van der Waals surface area contributed by atoms with Gasteiger partial charge in [0, 0.05) is 11.6 Å². The molecule has 4 aliphatic rings. The van der Waals surface area contributed by atoms with Crippen LogP contribution in [-0.2, 0) is 4.79 Å². The van der Waals surface area contributed by atoms with E-state index in [0.717, 1.165) is 23.3 Å². The van der Waals surface area contributed by atoms with Crippen LogP contribution in [0.3, 0.4) is 0 Å². The summed E-state index contributed by atoms with van der Waals surface area (Å²) in [4.78, 5) is 12.4. The third-order valence-corrected chi connectivity index (χ3v) is 5.96. The predicted molar refractivity (Wildman–Crippen MR) is 93.3 cm³/mol. The normalized spacial score (nSPS) is 34.9. The molecular weight excluding hydrogens is 286 g/mol. The van der Waals surface area contributed by atoms with Crippen LogP contribution >= 0.6 is 0 Å². The third-order valence-electron chi connectivity index (χ3n) is 5.96. The number of carbonyl (C=O) groups excluding carboxylic acids is 1. The maximum absolute atomic E-state index is 12.4. The first-order valence-corrected chi connectivity index (χ1v) is 8.67. The molecule has 0 radical (unpaired) electrons. The second kappa shape index (κ2) is 5.29. The number of anilines is 2. The lowest BCUT2D eigenvalue weighted by Crippen LogP contribution is -2.59. The SMILES string of the molecule is Nc1ccc(/C=C/C(=O)NC23CC4CC(CC(C4)C2)C3)cc1N. The van der Waals surface area contributed by atoms with Gasteiger partial charge < -0.3 is 16.8 Å². The van der Waals surface area contributed by atoms with Crippen molar-refractivity contribution in [2.45, 2.75) is 44.1 Å². The molecule has 1 aromatic carbocycles. The van der Waals surface area contributed by atoms with Gasteiger partial charge in [-0.3, -0.25) is 4.79 Å². The van der Waals surface area contributed by atoms with E-state index < -0.39 is 0 Å². The Morgan fingerprint density at radius 3 is 2.22 bits per heavy atom. The van der Waals surface area contributed by atoms with Crippen molar-refractivity contribution < 1.29 is 4.79 Å². The molecule has 0 atom stereocenters. The Labute approximate surface area is 137 Å². The minimum Gasteiger partial charge on any atom is -0.397 e. The summed E-state index contributed by atoms with van der Waals surface area (Å²) in [6.45, 7) is 0. The summed E-state index contributed by atoms with van der Waals surface area (Å²) in [7, 11) is 0. The van der Waals surface area contributed by atoms with Crippen LogP contribution in [0.25, 0.3) is 6.08 Å². The Hall–Kier alpha value is -1.97. The number of hydrogen-bond acceptors (Lipinski definition) is 3. The molecule has 0 saturated heterocycles. The minimum atomic E-state index is 0.0161. The Balaban J connectivity index is 1.44. The van der Waals surface area contributed by atoms with Gasteiger partial charge in [0.15, 0.2) is 0 Å².